The van der Waals surface area contributed by atoms with Gasteiger partial charge in [-0.15, -0.1) is 0 Å². The van der Waals surface area contributed by atoms with Crippen molar-refractivity contribution in [2.24, 2.45) is 0 Å². The van der Waals surface area contributed by atoms with Crippen LogP contribution in [0.5, 0.6) is 11.5 Å². The fraction of sp³-hybridized carbons (Fsp3) is 0.310. The lowest BCUT2D eigenvalue weighted by atomic mass is 9.75. The van der Waals surface area contributed by atoms with Crippen LogP contribution in [0.15, 0.2) is 39.3 Å². The van der Waals surface area contributed by atoms with Crippen molar-refractivity contribution in [3.8, 4) is 11.5 Å². The molecule has 3 aromatic rings. The molecule has 0 unspecified atom stereocenters. The van der Waals surface area contributed by atoms with Gasteiger partial charge in [0.2, 0.25) is 0 Å². The molecule has 0 aliphatic carbocycles. The maximum atomic E-state index is 13.3. The number of carboxylic acids is 1. The quantitative estimate of drug-likeness (QED) is 0.242. The Bertz CT molecular complexity index is 1380. The number of fused-ring (bicyclic) bond motifs is 1. The summed E-state index contributed by atoms with van der Waals surface area (Å²) in [4.78, 5) is 25.8. The van der Waals surface area contributed by atoms with Crippen molar-refractivity contribution in [2.75, 3.05) is 0 Å². The molecule has 0 saturated carbocycles. The number of rotatable bonds is 7. The molecule has 0 amide bonds. The highest BCUT2D eigenvalue weighted by Crippen LogP contribution is 2.56. The minimum Gasteiger partial charge on any atom is -0.507 e. The van der Waals surface area contributed by atoms with Gasteiger partial charge in [0.25, 0.3) is 0 Å². The fourth-order valence-electron chi connectivity index (χ4n) is 5.58. The van der Waals surface area contributed by atoms with Gasteiger partial charge in [0.1, 0.15) is 11.5 Å². The minimum atomic E-state index is -1.91. The second-order valence-electron chi connectivity index (χ2n) is 8.94. The van der Waals surface area contributed by atoms with Crippen LogP contribution in [0, 0.1) is 0 Å². The molecule has 0 radical (unpaired) electrons. The van der Waals surface area contributed by atoms with Crippen molar-refractivity contribution in [2.45, 2.75) is 59.0 Å². The number of hydrogen-bond acceptors (Lipinski definition) is 5. The predicted octanol–water partition coefficient (Wildman–Crippen LogP) is 7.03. The van der Waals surface area contributed by atoms with Gasteiger partial charge in [0.05, 0.1) is 11.1 Å². The molecule has 0 spiro atoms. The maximum absolute atomic E-state index is 13.3. The van der Waals surface area contributed by atoms with Crippen LogP contribution in [0.1, 0.15) is 87.4 Å². The Kier molecular flexibility index (Phi) is 7.45. The van der Waals surface area contributed by atoms with Crippen LogP contribution in [-0.2, 0) is 36.0 Å². The van der Waals surface area contributed by atoms with E-state index in [1.165, 1.54) is 18.2 Å². The number of carboxylic acid groups (broad SMARTS) is 1. The molecule has 4 rings (SSSR count). The third kappa shape index (κ3) is 3.96. The number of phenols is 2. The fourth-order valence-corrected chi connectivity index (χ4v) is 7.07. The smallest absolute Gasteiger partial charge is 0.340 e. The Morgan fingerprint density at radius 2 is 1.30 bits per heavy atom. The van der Waals surface area contributed by atoms with E-state index in [0.29, 0.717) is 45.8 Å². The molecule has 0 atom stereocenters. The van der Waals surface area contributed by atoms with E-state index in [-0.39, 0.29) is 39.3 Å². The van der Waals surface area contributed by atoms with E-state index >= 15 is 0 Å². The topological polar surface area (TPSA) is 104 Å². The summed E-state index contributed by atoms with van der Waals surface area (Å²) < 4.78 is 7.52. The van der Waals surface area contributed by atoms with Crippen LogP contribution in [0.3, 0.4) is 0 Å². The van der Waals surface area contributed by atoms with Crippen LogP contribution < -0.4 is 0 Å². The van der Waals surface area contributed by atoms with Crippen LogP contribution in [0.4, 0.5) is 0 Å². The average molecular weight is 632 g/mol. The zero-order valence-electron chi connectivity index (χ0n) is 21.0. The number of hydrogen-bond donors (Lipinski definition) is 3. The molecule has 0 aromatic heterocycles. The summed E-state index contributed by atoms with van der Waals surface area (Å²) >= 11 is 7.25. The zero-order valence-corrected chi connectivity index (χ0v) is 24.2. The van der Waals surface area contributed by atoms with E-state index in [1.807, 2.05) is 27.7 Å². The third-order valence-corrected chi connectivity index (χ3v) is 8.63. The summed E-state index contributed by atoms with van der Waals surface area (Å²) in [6, 6.07) is 7.73. The maximum Gasteiger partial charge on any atom is 0.340 e. The molecule has 8 heteroatoms. The molecule has 37 heavy (non-hydrogen) atoms. The van der Waals surface area contributed by atoms with Crippen molar-refractivity contribution in [1.82, 2.24) is 0 Å². The Hall–Kier alpha value is -2.84. The van der Waals surface area contributed by atoms with E-state index in [2.05, 4.69) is 31.9 Å². The monoisotopic (exact) mass is 630 g/mol. The number of cyclic esters (lactones) is 1. The molecule has 0 bridgehead atoms. The normalized spacial score (nSPS) is 13.9. The molecular formula is C29H28Br2O6. The SMILES string of the molecule is CCc1c(Br)cc(C2(c3cc(Br)c(CC)c(CC)c3O)OC(=O)c3cccc(C(=O)O)c32)c(O)c1CC. The highest BCUT2D eigenvalue weighted by molar-refractivity contribution is 9.10. The number of carbonyl (C=O) groups excluding carboxylic acids is 1. The van der Waals surface area contributed by atoms with E-state index in [0.717, 1.165) is 11.1 Å². The molecule has 3 aromatic carbocycles. The molecule has 6 nitrogen and oxygen atoms in total. The second-order valence-corrected chi connectivity index (χ2v) is 10.7. The lowest BCUT2D eigenvalue weighted by Crippen LogP contribution is -2.32. The lowest BCUT2D eigenvalue weighted by molar-refractivity contribution is 0.0233. The average Bonchev–Trinajstić information content (AvgIpc) is 3.18. The number of halogens is 2. The number of benzene rings is 3. The van der Waals surface area contributed by atoms with Crippen molar-refractivity contribution >= 4 is 43.8 Å². The number of carbonyl (C=O) groups is 2. The summed E-state index contributed by atoms with van der Waals surface area (Å²) in [5.74, 6) is -2.19. The Morgan fingerprint density at radius 1 is 0.838 bits per heavy atom. The summed E-state index contributed by atoms with van der Waals surface area (Å²) in [6.45, 7) is 7.77. The minimum absolute atomic E-state index is 0.0705. The van der Waals surface area contributed by atoms with Gasteiger partial charge in [-0.3, -0.25) is 0 Å². The van der Waals surface area contributed by atoms with Crippen molar-refractivity contribution in [1.29, 1.82) is 0 Å². The Morgan fingerprint density at radius 3 is 1.70 bits per heavy atom. The largest absolute Gasteiger partial charge is 0.507 e. The van der Waals surface area contributed by atoms with Crippen LogP contribution in [0.25, 0.3) is 0 Å². The second kappa shape index (κ2) is 10.1. The Balaban J connectivity index is 2.29. The van der Waals surface area contributed by atoms with Gasteiger partial charge in [-0.1, -0.05) is 65.6 Å². The van der Waals surface area contributed by atoms with Crippen LogP contribution >= 0.6 is 31.9 Å². The van der Waals surface area contributed by atoms with Crippen molar-refractivity contribution in [3.63, 3.8) is 0 Å². The molecular weight excluding hydrogens is 604 g/mol. The van der Waals surface area contributed by atoms with Gasteiger partial charge >= 0.3 is 11.9 Å². The molecule has 3 N–H and O–H groups in total. The van der Waals surface area contributed by atoms with Crippen molar-refractivity contribution in [3.05, 3.63) is 89.3 Å². The first-order chi connectivity index (χ1) is 17.6. The van der Waals surface area contributed by atoms with Gasteiger partial charge < -0.3 is 20.1 Å². The molecule has 1 aliphatic rings. The van der Waals surface area contributed by atoms with Gasteiger partial charge in [-0.25, -0.2) is 9.59 Å². The first-order valence-corrected chi connectivity index (χ1v) is 13.8. The highest BCUT2D eigenvalue weighted by Gasteiger charge is 2.54. The van der Waals surface area contributed by atoms with E-state index in [1.54, 1.807) is 12.1 Å². The third-order valence-electron chi connectivity index (χ3n) is 7.21. The van der Waals surface area contributed by atoms with Gasteiger partial charge in [0.15, 0.2) is 5.60 Å². The summed E-state index contributed by atoms with van der Waals surface area (Å²) in [7, 11) is 0. The molecule has 194 valence electrons. The first kappa shape index (κ1) is 27.2. The molecule has 1 aliphatic heterocycles. The van der Waals surface area contributed by atoms with E-state index in [9.17, 15) is 24.9 Å². The lowest BCUT2D eigenvalue weighted by Gasteiger charge is -2.34. The molecule has 0 fully saturated rings. The van der Waals surface area contributed by atoms with Gasteiger partial charge in [-0.2, -0.15) is 0 Å². The summed E-state index contributed by atoms with van der Waals surface area (Å²) in [5, 5.41) is 33.5. The first-order valence-electron chi connectivity index (χ1n) is 12.3. The van der Waals surface area contributed by atoms with Crippen LogP contribution in [-0.4, -0.2) is 27.3 Å². The highest BCUT2D eigenvalue weighted by atomic mass is 79.9. The standard InChI is InChI=1S/C29H28Br2O6/c1-5-14-16(7-3)25(32)20(12-22(14)30)29(21-13-23(31)15(6-2)17(8-4)26(21)33)24-18(27(34)35)10-9-11-19(24)28(36)37-29/h9-13,32-33H,5-8H2,1-4H3,(H,34,35). The van der Waals surface area contributed by atoms with Gasteiger partial charge in [-0.05, 0) is 72.2 Å². The summed E-state index contributed by atoms with van der Waals surface area (Å²) in [5.41, 5.74) is 1.57. The van der Waals surface area contributed by atoms with Crippen molar-refractivity contribution < 1.29 is 29.6 Å². The number of phenolic OH excluding ortho intramolecular Hbond substituents is 2. The van der Waals surface area contributed by atoms with Gasteiger partial charge in [0, 0.05) is 25.6 Å². The van der Waals surface area contributed by atoms with Crippen LogP contribution in [0.2, 0.25) is 0 Å². The summed E-state index contributed by atoms with van der Waals surface area (Å²) in [6.07, 6.45) is 2.26. The predicted molar refractivity (Wildman–Crippen MR) is 148 cm³/mol. The van der Waals surface area contributed by atoms with E-state index < -0.39 is 17.5 Å². The molecule has 0 saturated heterocycles. The number of ether oxygens (including phenoxy) is 1. The Labute approximate surface area is 232 Å². The zero-order chi connectivity index (χ0) is 27.2. The number of esters is 1. The number of aromatic carboxylic acids is 1. The van der Waals surface area contributed by atoms with E-state index in [4.69, 9.17) is 4.74 Å². The number of aromatic hydroxyl groups is 2. The molecule has 1 heterocycles.